The van der Waals surface area contributed by atoms with E-state index in [1.165, 1.54) is 49.8 Å². The molecule has 0 heterocycles. The summed E-state index contributed by atoms with van der Waals surface area (Å²) in [5.74, 6) is -1.47. The van der Waals surface area contributed by atoms with Crippen molar-refractivity contribution < 1.29 is 23.5 Å². The number of nitrogens with one attached hydrogen (secondary N) is 2. The Bertz CT molecular complexity index is 1430. The number of rotatable bonds is 15. The van der Waals surface area contributed by atoms with E-state index in [0.717, 1.165) is 30.0 Å². The van der Waals surface area contributed by atoms with E-state index in [-0.39, 0.29) is 24.4 Å². The van der Waals surface area contributed by atoms with Crippen LogP contribution in [0.1, 0.15) is 108 Å². The van der Waals surface area contributed by atoms with Crippen LogP contribution in [0.2, 0.25) is 0 Å². The van der Waals surface area contributed by atoms with Gasteiger partial charge in [0, 0.05) is 43.4 Å². The third kappa shape index (κ3) is 10.2. The largest absolute Gasteiger partial charge is 0.390 e. The van der Waals surface area contributed by atoms with Crippen molar-refractivity contribution in [2.24, 2.45) is 0 Å². The van der Waals surface area contributed by atoms with Gasteiger partial charge in [-0.2, -0.15) is 0 Å². The third-order valence-electron chi connectivity index (χ3n) is 8.73. The summed E-state index contributed by atoms with van der Waals surface area (Å²) in [6.07, 6.45) is 6.85. The molecule has 4 rings (SSSR count). The topological polar surface area (TPSA) is 81.7 Å². The molecule has 1 aliphatic carbocycles. The molecule has 1 saturated carbocycles. The number of aliphatic hydroxyl groups excluding tert-OH is 1. The molecular weight excluding hydrogens is 584 g/mol. The number of hydrogen-bond donors (Lipinski definition) is 3. The zero-order chi connectivity index (χ0) is 33.1. The number of benzene rings is 3. The average molecular weight is 634 g/mol. The summed E-state index contributed by atoms with van der Waals surface area (Å²) in [4.78, 5) is 28.7. The number of halogens is 2. The zero-order valence-electron chi connectivity index (χ0n) is 27.5. The van der Waals surface area contributed by atoms with Crippen LogP contribution in [-0.4, -0.2) is 53.6 Å². The molecule has 0 spiro atoms. The highest BCUT2D eigenvalue weighted by Crippen LogP contribution is 2.32. The highest BCUT2D eigenvalue weighted by molar-refractivity contribution is 6.00. The van der Waals surface area contributed by atoms with Crippen LogP contribution in [0.3, 0.4) is 0 Å². The predicted molar refractivity (Wildman–Crippen MR) is 179 cm³/mol. The summed E-state index contributed by atoms with van der Waals surface area (Å²) in [5, 5.41) is 17.5. The van der Waals surface area contributed by atoms with Crippen LogP contribution in [0.5, 0.6) is 0 Å². The number of amides is 2. The molecule has 1 aliphatic rings. The Morgan fingerprint density at radius 1 is 0.891 bits per heavy atom. The quantitative estimate of drug-likeness (QED) is 0.167. The second-order valence-corrected chi connectivity index (χ2v) is 12.7. The van der Waals surface area contributed by atoms with Gasteiger partial charge >= 0.3 is 0 Å². The summed E-state index contributed by atoms with van der Waals surface area (Å²) in [6.45, 7) is 7.79. The molecule has 2 amide bonds. The summed E-state index contributed by atoms with van der Waals surface area (Å²) < 4.78 is 28.1. The lowest BCUT2D eigenvalue weighted by Crippen LogP contribution is -2.48. The minimum Gasteiger partial charge on any atom is -0.390 e. The van der Waals surface area contributed by atoms with Crippen LogP contribution in [0, 0.1) is 18.6 Å². The van der Waals surface area contributed by atoms with Crippen molar-refractivity contribution >= 4 is 11.8 Å². The van der Waals surface area contributed by atoms with E-state index in [1.54, 1.807) is 23.1 Å². The normalized spacial score (nSPS) is 14.9. The number of aryl methyl sites for hydroxylation is 1. The molecule has 2 atom stereocenters. The van der Waals surface area contributed by atoms with Crippen molar-refractivity contribution in [2.75, 3.05) is 19.6 Å². The zero-order valence-corrected chi connectivity index (χ0v) is 27.5. The van der Waals surface area contributed by atoms with Crippen molar-refractivity contribution in [1.29, 1.82) is 0 Å². The summed E-state index contributed by atoms with van der Waals surface area (Å²) in [5.41, 5.74) is 4.24. The van der Waals surface area contributed by atoms with Crippen molar-refractivity contribution in [3.63, 3.8) is 0 Å². The molecule has 0 aliphatic heterocycles. The van der Waals surface area contributed by atoms with E-state index in [9.17, 15) is 23.5 Å². The second kappa shape index (κ2) is 17.3. The molecule has 0 bridgehead atoms. The molecule has 3 aromatic carbocycles. The Kier molecular flexibility index (Phi) is 13.3. The summed E-state index contributed by atoms with van der Waals surface area (Å²) in [6, 6.07) is 15.9. The van der Waals surface area contributed by atoms with Gasteiger partial charge in [-0.05, 0) is 97.5 Å². The van der Waals surface area contributed by atoms with Gasteiger partial charge in [-0.3, -0.25) is 9.59 Å². The molecular formula is C38H49F2N3O3. The maximum atomic E-state index is 14.1. The fourth-order valence-corrected chi connectivity index (χ4v) is 6.49. The van der Waals surface area contributed by atoms with E-state index in [4.69, 9.17) is 0 Å². The molecule has 0 radical (unpaired) electrons. The van der Waals surface area contributed by atoms with Crippen LogP contribution in [0.15, 0.2) is 60.7 Å². The Labute approximate surface area is 272 Å². The highest BCUT2D eigenvalue weighted by Gasteiger charge is 2.25. The van der Waals surface area contributed by atoms with Crippen molar-refractivity contribution in [3.8, 4) is 0 Å². The Balaban J connectivity index is 1.48. The molecule has 3 aromatic rings. The third-order valence-corrected chi connectivity index (χ3v) is 8.73. The Hall–Kier alpha value is -3.62. The first-order valence-corrected chi connectivity index (χ1v) is 16.8. The van der Waals surface area contributed by atoms with E-state index in [0.29, 0.717) is 36.7 Å². The van der Waals surface area contributed by atoms with Crippen molar-refractivity contribution in [2.45, 2.75) is 96.7 Å². The van der Waals surface area contributed by atoms with Crippen LogP contribution < -0.4 is 10.6 Å². The van der Waals surface area contributed by atoms with Crippen molar-refractivity contribution in [1.82, 2.24) is 15.5 Å². The second-order valence-electron chi connectivity index (χ2n) is 12.7. The molecule has 248 valence electrons. The van der Waals surface area contributed by atoms with Gasteiger partial charge in [-0.15, -0.1) is 0 Å². The minimum atomic E-state index is -1.06. The van der Waals surface area contributed by atoms with Gasteiger partial charge in [-0.1, -0.05) is 57.4 Å². The first-order valence-electron chi connectivity index (χ1n) is 16.8. The average Bonchev–Trinajstić information content (AvgIpc) is 3.03. The lowest BCUT2D eigenvalue weighted by atomic mass is 9.83. The molecule has 46 heavy (non-hydrogen) atoms. The fraction of sp³-hybridized carbons (Fsp3) is 0.474. The number of hydrogen-bond acceptors (Lipinski definition) is 4. The number of carbonyl (C=O) groups is 2. The molecule has 0 unspecified atom stereocenters. The lowest BCUT2D eigenvalue weighted by molar-refractivity contribution is 0.0755. The van der Waals surface area contributed by atoms with E-state index in [2.05, 4.69) is 34.9 Å². The molecule has 0 saturated heterocycles. The monoisotopic (exact) mass is 633 g/mol. The van der Waals surface area contributed by atoms with Gasteiger partial charge in [0.15, 0.2) is 0 Å². The highest BCUT2D eigenvalue weighted by atomic mass is 19.1. The lowest BCUT2D eigenvalue weighted by Gasteiger charge is -2.26. The smallest absolute Gasteiger partial charge is 0.253 e. The van der Waals surface area contributed by atoms with Gasteiger partial charge in [0.05, 0.1) is 12.1 Å². The number of nitrogens with zero attached hydrogens (tertiary/aromatic N) is 1. The standard InChI is InChI=1S/C38H49F2N3O3/c1-4-14-43(15-5-2)38(46)32-17-26(3)16-31(22-32)37(45)42-35(21-28-19-33(39)23-34(40)20-28)36(44)25-41-24-27-10-9-13-30(18-27)29-11-7-6-8-12-29/h9-10,13,16-20,22-23,29,35-36,41,44H,4-8,11-12,14-15,21,24-25H2,1-3H3,(H,42,45)/t35-,36+/m0/s1. The number of carbonyl (C=O) groups excluding carboxylic acids is 2. The first-order chi connectivity index (χ1) is 22.2. The molecule has 0 aromatic heterocycles. The summed E-state index contributed by atoms with van der Waals surface area (Å²) >= 11 is 0. The Morgan fingerprint density at radius 2 is 1.57 bits per heavy atom. The SMILES string of the molecule is CCCN(CCC)C(=O)c1cc(C)cc(C(=O)N[C@@H](Cc2cc(F)cc(F)c2)[C@H](O)CNCc2cccc(C3CCCCC3)c2)c1. The van der Waals surface area contributed by atoms with E-state index < -0.39 is 29.7 Å². The van der Waals surface area contributed by atoms with Gasteiger partial charge < -0.3 is 20.6 Å². The van der Waals surface area contributed by atoms with Crippen LogP contribution in [-0.2, 0) is 13.0 Å². The van der Waals surface area contributed by atoms with Crippen molar-refractivity contribution in [3.05, 3.63) is 106 Å². The minimum absolute atomic E-state index is 0.0127. The van der Waals surface area contributed by atoms with Crippen LogP contribution in [0.25, 0.3) is 0 Å². The van der Waals surface area contributed by atoms with Crippen LogP contribution in [0.4, 0.5) is 8.78 Å². The first kappa shape index (κ1) is 35.2. The maximum Gasteiger partial charge on any atom is 0.253 e. The molecule has 6 nitrogen and oxygen atoms in total. The fourth-order valence-electron chi connectivity index (χ4n) is 6.49. The summed E-state index contributed by atoms with van der Waals surface area (Å²) in [7, 11) is 0. The maximum absolute atomic E-state index is 14.1. The van der Waals surface area contributed by atoms with Gasteiger partial charge in [0.2, 0.25) is 0 Å². The predicted octanol–water partition coefficient (Wildman–Crippen LogP) is 7.07. The van der Waals surface area contributed by atoms with E-state index in [1.807, 2.05) is 20.8 Å². The Morgan fingerprint density at radius 3 is 2.24 bits per heavy atom. The molecule has 3 N–H and O–H groups in total. The molecule has 1 fully saturated rings. The number of aliphatic hydroxyl groups is 1. The molecule has 8 heteroatoms. The van der Waals surface area contributed by atoms with Gasteiger partial charge in [0.25, 0.3) is 11.8 Å². The van der Waals surface area contributed by atoms with E-state index >= 15 is 0 Å². The van der Waals surface area contributed by atoms with Gasteiger partial charge in [-0.25, -0.2) is 8.78 Å². The van der Waals surface area contributed by atoms with Crippen LogP contribution >= 0.6 is 0 Å². The van der Waals surface area contributed by atoms with Gasteiger partial charge in [0.1, 0.15) is 11.6 Å².